The maximum absolute atomic E-state index is 12.6. The number of nitrogens with one attached hydrogen (secondary N) is 2. The van der Waals surface area contributed by atoms with Crippen molar-refractivity contribution in [2.45, 2.75) is 92.2 Å². The molecule has 376 valence electrons. The van der Waals surface area contributed by atoms with Crippen molar-refractivity contribution in [2.24, 2.45) is 0 Å². The minimum absolute atomic E-state index is 0.294. The van der Waals surface area contributed by atoms with E-state index in [-0.39, 0.29) is 24.3 Å². The average Bonchev–Trinajstić information content (AvgIpc) is 4.16. The lowest BCUT2D eigenvalue weighted by Crippen LogP contribution is -2.41. The molecule has 16 heteroatoms. The quantitative estimate of drug-likeness (QED) is 0.0479. The minimum Gasteiger partial charge on any atom is -0.497 e. The summed E-state index contributed by atoms with van der Waals surface area (Å²) in [5.74, 6) is 0.472. The number of nitrogens with zero attached hydrogens (tertiary/aromatic N) is 6. The molecule has 5 heterocycles. The summed E-state index contributed by atoms with van der Waals surface area (Å²) in [6.45, 7) is 19.0. The number of imidazole rings is 2. The van der Waals surface area contributed by atoms with E-state index < -0.39 is 0 Å². The van der Waals surface area contributed by atoms with Crippen molar-refractivity contribution in [2.75, 3.05) is 44.0 Å². The van der Waals surface area contributed by atoms with Gasteiger partial charge >= 0.3 is 13.1 Å². The fourth-order valence-electron chi connectivity index (χ4n) is 7.94. The number of anilines is 2. The molecule has 0 aliphatic carbocycles. The number of halogens is 1. The minimum atomic E-state index is -0.366. The number of esters is 1. The Bertz CT molecular complexity index is 2950. The number of carbonyl (C=O) groups excluding carboxylic acids is 1. The van der Waals surface area contributed by atoms with Gasteiger partial charge in [0.05, 0.1) is 66.6 Å². The number of hydrogen-bond donors (Lipinski definition) is 2. The van der Waals surface area contributed by atoms with E-state index in [1.165, 1.54) is 5.56 Å². The van der Waals surface area contributed by atoms with Crippen LogP contribution in [0.25, 0.3) is 32.9 Å². The molecule has 2 N–H and O–H groups in total. The van der Waals surface area contributed by atoms with E-state index in [9.17, 15) is 4.79 Å². The summed E-state index contributed by atoms with van der Waals surface area (Å²) in [7, 11) is 1.36. The second-order valence-electron chi connectivity index (χ2n) is 18.3. The zero-order chi connectivity index (χ0) is 51.1. The fraction of sp³-hybridized carbons (Fsp3) is 0.339. The Morgan fingerprint density at radius 2 is 1.31 bits per heavy atom. The molecule has 0 bridgehead atoms. The monoisotopic (exact) mass is 1040 g/mol. The van der Waals surface area contributed by atoms with E-state index >= 15 is 0 Å². The van der Waals surface area contributed by atoms with Crippen molar-refractivity contribution >= 4 is 67.7 Å². The molecule has 72 heavy (non-hydrogen) atoms. The second kappa shape index (κ2) is 25.2. The topological polar surface area (TPSA) is 149 Å². The van der Waals surface area contributed by atoms with Crippen molar-refractivity contribution in [3.05, 3.63) is 156 Å². The Labute approximate surface area is 432 Å². The molecule has 14 nitrogen and oxygen atoms in total. The number of carbonyl (C=O) groups is 1. The molecule has 1 saturated heterocycles. The molecule has 9 rings (SSSR count). The number of aromatic nitrogens is 6. The molecular formula is C56H66BBrN8O6. The van der Waals surface area contributed by atoms with Crippen molar-refractivity contribution < 1.29 is 28.3 Å². The number of pyridine rings is 2. The third kappa shape index (κ3) is 13.9. The lowest BCUT2D eigenvalue weighted by atomic mass is 9.79. The Hall–Kier alpha value is -6.59. The van der Waals surface area contributed by atoms with Gasteiger partial charge < -0.3 is 43.3 Å². The van der Waals surface area contributed by atoms with Crippen LogP contribution in [0.4, 0.5) is 11.4 Å². The molecule has 0 radical (unpaired) electrons. The first-order valence-corrected chi connectivity index (χ1v) is 25.3. The van der Waals surface area contributed by atoms with Gasteiger partial charge in [-0.15, -0.1) is 0 Å². The molecule has 1 fully saturated rings. The van der Waals surface area contributed by atoms with Crippen LogP contribution in [0.15, 0.2) is 139 Å². The highest BCUT2D eigenvalue weighted by Gasteiger charge is 2.51. The normalized spacial score (nSPS) is 13.5. The van der Waals surface area contributed by atoms with Gasteiger partial charge in [-0.25, -0.2) is 14.8 Å². The van der Waals surface area contributed by atoms with E-state index in [1.54, 1.807) is 32.8 Å². The van der Waals surface area contributed by atoms with Crippen molar-refractivity contribution in [3.8, 4) is 16.9 Å². The van der Waals surface area contributed by atoms with Gasteiger partial charge in [-0.1, -0.05) is 64.0 Å². The summed E-state index contributed by atoms with van der Waals surface area (Å²) < 4.78 is 33.1. The highest BCUT2D eigenvalue weighted by molar-refractivity contribution is 9.10. The maximum atomic E-state index is 12.6. The molecule has 0 unspecified atom stereocenters. The van der Waals surface area contributed by atoms with E-state index in [0.29, 0.717) is 31.9 Å². The van der Waals surface area contributed by atoms with Crippen LogP contribution in [0.3, 0.4) is 0 Å². The number of fused-ring (bicyclic) bond motifs is 2. The first kappa shape index (κ1) is 53.2. The van der Waals surface area contributed by atoms with E-state index in [0.717, 1.165) is 98.0 Å². The van der Waals surface area contributed by atoms with Crippen LogP contribution < -0.4 is 20.8 Å². The summed E-state index contributed by atoms with van der Waals surface area (Å²) in [5, 5.41) is 9.08. The number of ether oxygens (including phenoxy) is 3. The third-order valence-corrected chi connectivity index (χ3v) is 13.2. The summed E-state index contributed by atoms with van der Waals surface area (Å²) in [5.41, 5.74) is 9.09. The number of hydrogen-bond acceptors (Lipinski definition) is 12. The molecular weight excluding hydrogens is 971 g/mol. The standard InChI is InChI=1S/C25H26N4O2.C18H21BrN4O.C13H19BO3/c1-3-31-25(30)22-16-28-23-10-9-20(19-7-5-18(2)6-8-19)15-21(23)24(22)27-11-4-13-29-14-12-26-17-29;1-2-24-12-14-11-22-17-5-4-15(19)10-16(17)18(14)21-6-3-8-23-9-7-20-13-23;1-12(2)13(3,4)17-14(16-12)10-6-8-11(15-5)9-7-10/h5-10,12,14-17H,3-4,11,13H2,1-2H3,(H,27,28);4-5,7,9-11,13H,2-3,6,8,12H2,1H3,(H,21,22);6-9H,1-5H3. The van der Waals surface area contributed by atoms with Crippen LogP contribution in [0.2, 0.25) is 0 Å². The molecule has 4 aromatic carbocycles. The predicted octanol–water partition coefficient (Wildman–Crippen LogP) is 11.3. The fourth-order valence-corrected chi connectivity index (χ4v) is 8.30. The number of rotatable bonds is 18. The van der Waals surface area contributed by atoms with Gasteiger partial charge in [0.25, 0.3) is 0 Å². The Balaban J connectivity index is 0.000000166. The zero-order valence-electron chi connectivity index (χ0n) is 42.7. The van der Waals surface area contributed by atoms with Crippen molar-refractivity contribution in [1.29, 1.82) is 0 Å². The highest BCUT2D eigenvalue weighted by Crippen LogP contribution is 2.37. The van der Waals surface area contributed by atoms with Gasteiger partial charge in [0.1, 0.15) is 11.3 Å². The van der Waals surface area contributed by atoms with Crippen molar-refractivity contribution in [1.82, 2.24) is 29.1 Å². The number of aryl methyl sites for hydroxylation is 3. The van der Waals surface area contributed by atoms with Crippen molar-refractivity contribution in [3.63, 3.8) is 0 Å². The Morgan fingerprint density at radius 1 is 0.722 bits per heavy atom. The van der Waals surface area contributed by atoms with Crippen LogP contribution in [0, 0.1) is 6.92 Å². The molecule has 0 amide bonds. The zero-order valence-corrected chi connectivity index (χ0v) is 44.2. The largest absolute Gasteiger partial charge is 0.497 e. The van der Waals surface area contributed by atoms with Crippen LogP contribution in [0.1, 0.15) is 75.9 Å². The van der Waals surface area contributed by atoms with Gasteiger partial charge in [0, 0.05) is 90.8 Å². The molecule has 1 aliphatic heterocycles. The van der Waals surface area contributed by atoms with Gasteiger partial charge in [-0.05, 0) is 120 Å². The highest BCUT2D eigenvalue weighted by atomic mass is 79.9. The summed E-state index contributed by atoms with van der Waals surface area (Å²) >= 11 is 3.55. The van der Waals surface area contributed by atoms with Gasteiger partial charge in [0.2, 0.25) is 0 Å². The van der Waals surface area contributed by atoms with Crippen LogP contribution in [-0.2, 0) is 38.5 Å². The molecule has 0 spiro atoms. The lowest BCUT2D eigenvalue weighted by molar-refractivity contribution is 0.00578. The van der Waals surface area contributed by atoms with Gasteiger partial charge in [-0.2, -0.15) is 0 Å². The predicted molar refractivity (Wildman–Crippen MR) is 292 cm³/mol. The molecule has 4 aromatic heterocycles. The number of benzene rings is 4. The van der Waals surface area contributed by atoms with E-state index in [1.807, 2.05) is 85.1 Å². The Morgan fingerprint density at radius 3 is 1.89 bits per heavy atom. The van der Waals surface area contributed by atoms with Gasteiger partial charge in [0.15, 0.2) is 0 Å². The van der Waals surface area contributed by atoms with E-state index in [4.69, 9.17) is 23.5 Å². The van der Waals surface area contributed by atoms with Crippen LogP contribution >= 0.6 is 15.9 Å². The third-order valence-electron chi connectivity index (χ3n) is 12.7. The van der Waals surface area contributed by atoms with Crippen LogP contribution in [0.5, 0.6) is 5.75 Å². The molecule has 0 saturated carbocycles. The molecule has 1 aliphatic rings. The summed E-state index contributed by atoms with van der Waals surface area (Å²) in [6, 6.07) is 28.5. The first-order valence-electron chi connectivity index (χ1n) is 24.5. The maximum Gasteiger partial charge on any atom is 0.494 e. The molecule has 0 atom stereocenters. The SMILES string of the molecule is CCOC(=O)c1cnc2ccc(-c3ccc(C)cc3)cc2c1NCCCn1ccnc1.CCOCc1cnc2ccc(Br)cc2c1NCCCn1ccnc1.COc1ccc(B2OC(C)(C)C(C)(C)O2)cc1. The number of methoxy groups -OCH3 is 1. The van der Waals surface area contributed by atoms with E-state index in [2.05, 4.69) is 128 Å². The second-order valence-corrected chi connectivity index (χ2v) is 19.3. The lowest BCUT2D eigenvalue weighted by Gasteiger charge is -2.32. The summed E-state index contributed by atoms with van der Waals surface area (Å²) in [4.78, 5) is 29.8. The van der Waals surface area contributed by atoms with Crippen LogP contribution in [-0.4, -0.2) is 86.8 Å². The Kier molecular flexibility index (Phi) is 18.6. The van der Waals surface area contributed by atoms with Gasteiger partial charge in [-0.3, -0.25) is 9.97 Å². The smallest absolute Gasteiger partial charge is 0.494 e. The first-order chi connectivity index (χ1) is 34.8. The average molecular weight is 1040 g/mol. The summed E-state index contributed by atoms with van der Waals surface area (Å²) in [6.07, 6.45) is 16.6. The molecule has 8 aromatic rings.